The highest BCUT2D eigenvalue weighted by Gasteiger charge is 1.96. The molecular weight excluding hydrogens is 318 g/mol. The van der Waals surface area contributed by atoms with Crippen LogP contribution in [0.25, 0.3) is 0 Å². The number of aliphatic hydroxyl groups excluding tert-OH is 1. The normalized spacial score (nSPS) is 11.0. The Kier molecular flexibility index (Phi) is 15.4. The molecule has 1 aromatic carbocycles. The van der Waals surface area contributed by atoms with Crippen LogP contribution in [0, 0.1) is 0 Å². The number of aliphatic hydroxyl groups is 1. The van der Waals surface area contributed by atoms with Gasteiger partial charge >= 0.3 is 0 Å². The first-order chi connectivity index (χ1) is 12.9. The molecule has 1 aromatic rings. The van der Waals surface area contributed by atoms with Gasteiger partial charge in [-0.2, -0.15) is 0 Å². The van der Waals surface area contributed by atoms with Gasteiger partial charge in [0.05, 0.1) is 0 Å². The third kappa shape index (κ3) is 13.2. The maximum absolute atomic E-state index is 8.93. The lowest BCUT2D eigenvalue weighted by Crippen LogP contribution is -2.01. The van der Waals surface area contributed by atoms with Crippen molar-refractivity contribution < 1.29 is 5.11 Å². The summed E-state index contributed by atoms with van der Waals surface area (Å²) in [4.78, 5) is 0. The Labute approximate surface area is 162 Å². The second kappa shape index (κ2) is 17.4. The summed E-state index contributed by atoms with van der Waals surface area (Å²) in [5, 5.41) is 12.4. The molecule has 150 valence electrons. The average molecular weight is 362 g/mol. The molecule has 2 heteroatoms. The molecule has 0 aliphatic heterocycles. The first kappa shape index (κ1) is 23.0. The maximum Gasteiger partial charge on any atom is 0.0471 e. The summed E-state index contributed by atoms with van der Waals surface area (Å²) in [6.45, 7) is 3.58. The van der Waals surface area contributed by atoms with Crippen LogP contribution in [0.15, 0.2) is 24.3 Å². The Hall–Kier alpha value is -1.02. The summed E-state index contributed by atoms with van der Waals surface area (Å²) >= 11 is 0. The minimum Gasteiger partial charge on any atom is -0.396 e. The molecule has 0 unspecified atom stereocenters. The van der Waals surface area contributed by atoms with Gasteiger partial charge in [-0.25, -0.2) is 0 Å². The standard InChI is InChI=1S/C24H43NO/c1-2-3-4-5-6-7-8-9-10-11-12-13-14-15-21-25-24-18-16-23(17-19-24)20-22-26/h16-19,25-26H,2-15,20-22H2,1H3. The second-order valence-electron chi connectivity index (χ2n) is 7.69. The van der Waals surface area contributed by atoms with E-state index in [1.165, 1.54) is 101 Å². The molecule has 26 heavy (non-hydrogen) atoms. The van der Waals surface area contributed by atoms with Crippen molar-refractivity contribution in [3.63, 3.8) is 0 Å². The number of hydrogen-bond acceptors (Lipinski definition) is 2. The van der Waals surface area contributed by atoms with E-state index in [1.807, 2.05) is 0 Å². The third-order valence-corrected chi connectivity index (χ3v) is 5.21. The average Bonchev–Trinajstić information content (AvgIpc) is 2.66. The largest absolute Gasteiger partial charge is 0.396 e. The Bertz CT molecular complexity index is 401. The Morgan fingerprint density at radius 3 is 1.58 bits per heavy atom. The molecule has 0 atom stereocenters. The van der Waals surface area contributed by atoms with Crippen LogP contribution in [0.1, 0.15) is 102 Å². The number of nitrogens with one attached hydrogen (secondary N) is 1. The summed E-state index contributed by atoms with van der Waals surface area (Å²) in [5.41, 5.74) is 2.40. The molecule has 0 spiro atoms. The number of rotatable bonds is 18. The minimum atomic E-state index is 0.228. The molecule has 1 rings (SSSR count). The second-order valence-corrected chi connectivity index (χ2v) is 7.69. The molecule has 0 saturated heterocycles. The molecular formula is C24H43NO. The van der Waals surface area contributed by atoms with Crippen LogP contribution < -0.4 is 5.32 Å². The van der Waals surface area contributed by atoms with Gasteiger partial charge in [0.1, 0.15) is 0 Å². The van der Waals surface area contributed by atoms with Gasteiger partial charge in [-0.05, 0) is 30.5 Å². The molecule has 0 amide bonds. The Balaban J connectivity index is 1.80. The van der Waals surface area contributed by atoms with Crippen molar-refractivity contribution in [2.45, 2.75) is 103 Å². The van der Waals surface area contributed by atoms with Gasteiger partial charge < -0.3 is 10.4 Å². The van der Waals surface area contributed by atoms with E-state index in [0.717, 1.165) is 13.0 Å². The van der Waals surface area contributed by atoms with Gasteiger partial charge in [-0.3, -0.25) is 0 Å². The smallest absolute Gasteiger partial charge is 0.0471 e. The maximum atomic E-state index is 8.93. The van der Waals surface area contributed by atoms with Crippen molar-refractivity contribution in [1.29, 1.82) is 0 Å². The van der Waals surface area contributed by atoms with Crippen molar-refractivity contribution in [1.82, 2.24) is 0 Å². The molecule has 0 heterocycles. The van der Waals surface area contributed by atoms with Gasteiger partial charge in [0.2, 0.25) is 0 Å². The van der Waals surface area contributed by atoms with Crippen LogP contribution in [-0.4, -0.2) is 18.3 Å². The molecule has 0 fully saturated rings. The molecule has 0 aliphatic rings. The van der Waals surface area contributed by atoms with Crippen LogP contribution >= 0.6 is 0 Å². The van der Waals surface area contributed by atoms with E-state index in [4.69, 9.17) is 5.11 Å². The number of benzene rings is 1. The zero-order valence-electron chi connectivity index (χ0n) is 17.3. The lowest BCUT2D eigenvalue weighted by atomic mass is 10.0. The van der Waals surface area contributed by atoms with E-state index in [0.29, 0.717) is 0 Å². The van der Waals surface area contributed by atoms with E-state index in [-0.39, 0.29) is 6.61 Å². The van der Waals surface area contributed by atoms with Gasteiger partial charge in [-0.1, -0.05) is 103 Å². The first-order valence-corrected chi connectivity index (χ1v) is 11.3. The lowest BCUT2D eigenvalue weighted by Gasteiger charge is -2.07. The predicted molar refractivity (Wildman–Crippen MR) is 116 cm³/mol. The summed E-state index contributed by atoms with van der Waals surface area (Å²) in [5.74, 6) is 0. The van der Waals surface area contributed by atoms with Gasteiger partial charge in [0, 0.05) is 18.8 Å². The fourth-order valence-electron chi connectivity index (χ4n) is 3.47. The van der Waals surface area contributed by atoms with Crippen molar-refractivity contribution >= 4 is 5.69 Å². The Morgan fingerprint density at radius 1 is 0.654 bits per heavy atom. The lowest BCUT2D eigenvalue weighted by molar-refractivity contribution is 0.299. The van der Waals surface area contributed by atoms with Crippen LogP contribution in [0.4, 0.5) is 5.69 Å². The zero-order chi connectivity index (χ0) is 18.7. The minimum absolute atomic E-state index is 0.228. The van der Waals surface area contributed by atoms with Crippen molar-refractivity contribution in [3.8, 4) is 0 Å². The van der Waals surface area contributed by atoms with Crippen LogP contribution in [0.2, 0.25) is 0 Å². The molecule has 0 aliphatic carbocycles. The summed E-state index contributed by atoms with van der Waals surface area (Å²) in [6.07, 6.45) is 20.5. The number of anilines is 1. The quantitative estimate of drug-likeness (QED) is 0.273. The van der Waals surface area contributed by atoms with Crippen LogP contribution in [-0.2, 0) is 6.42 Å². The van der Waals surface area contributed by atoms with Gasteiger partial charge in [0.15, 0.2) is 0 Å². The summed E-state index contributed by atoms with van der Waals surface area (Å²) in [6, 6.07) is 8.44. The molecule has 0 radical (unpaired) electrons. The van der Waals surface area contributed by atoms with Crippen molar-refractivity contribution in [3.05, 3.63) is 29.8 Å². The Morgan fingerprint density at radius 2 is 1.12 bits per heavy atom. The van der Waals surface area contributed by atoms with E-state index in [9.17, 15) is 0 Å². The van der Waals surface area contributed by atoms with E-state index < -0.39 is 0 Å². The predicted octanol–water partition coefficient (Wildman–Crippen LogP) is 7.11. The SMILES string of the molecule is CCCCCCCCCCCCCCCCNc1ccc(CCO)cc1. The van der Waals surface area contributed by atoms with Gasteiger partial charge in [0.25, 0.3) is 0 Å². The molecule has 2 N–H and O–H groups in total. The number of hydrogen-bond donors (Lipinski definition) is 2. The van der Waals surface area contributed by atoms with E-state index in [2.05, 4.69) is 36.5 Å². The molecule has 0 bridgehead atoms. The summed E-state index contributed by atoms with van der Waals surface area (Å²) in [7, 11) is 0. The van der Waals surface area contributed by atoms with E-state index >= 15 is 0 Å². The zero-order valence-corrected chi connectivity index (χ0v) is 17.3. The topological polar surface area (TPSA) is 32.3 Å². The van der Waals surface area contributed by atoms with Crippen LogP contribution in [0.5, 0.6) is 0 Å². The first-order valence-electron chi connectivity index (χ1n) is 11.3. The van der Waals surface area contributed by atoms with Gasteiger partial charge in [-0.15, -0.1) is 0 Å². The molecule has 0 saturated carbocycles. The van der Waals surface area contributed by atoms with Crippen molar-refractivity contribution in [2.24, 2.45) is 0 Å². The van der Waals surface area contributed by atoms with Crippen LogP contribution in [0.3, 0.4) is 0 Å². The highest BCUT2D eigenvalue weighted by atomic mass is 16.2. The third-order valence-electron chi connectivity index (χ3n) is 5.21. The highest BCUT2D eigenvalue weighted by molar-refractivity contribution is 5.44. The fraction of sp³-hybridized carbons (Fsp3) is 0.750. The molecule has 2 nitrogen and oxygen atoms in total. The monoisotopic (exact) mass is 361 g/mol. The summed E-state index contributed by atoms with van der Waals surface area (Å²) < 4.78 is 0. The van der Waals surface area contributed by atoms with E-state index in [1.54, 1.807) is 0 Å². The highest BCUT2D eigenvalue weighted by Crippen LogP contribution is 2.13. The molecule has 0 aromatic heterocycles. The number of unbranched alkanes of at least 4 members (excludes halogenated alkanes) is 13. The fourth-order valence-corrected chi connectivity index (χ4v) is 3.47. The van der Waals surface area contributed by atoms with Crippen molar-refractivity contribution in [2.75, 3.05) is 18.5 Å².